The second-order valence-corrected chi connectivity index (χ2v) is 6.93. The lowest BCUT2D eigenvalue weighted by molar-refractivity contribution is -0.150. The van der Waals surface area contributed by atoms with E-state index in [9.17, 15) is 14.4 Å². The lowest BCUT2D eigenvalue weighted by Crippen LogP contribution is -2.48. The fourth-order valence-electron chi connectivity index (χ4n) is 3.55. The Labute approximate surface area is 136 Å². The molecular formula is C16H25N3O4. The molecule has 0 bridgehead atoms. The summed E-state index contributed by atoms with van der Waals surface area (Å²) >= 11 is 0. The molecule has 7 nitrogen and oxygen atoms in total. The van der Waals surface area contributed by atoms with Crippen LogP contribution in [0.2, 0.25) is 0 Å². The van der Waals surface area contributed by atoms with Crippen LogP contribution in [0.4, 0.5) is 4.79 Å². The highest BCUT2D eigenvalue weighted by Crippen LogP contribution is 2.42. The molecule has 3 amide bonds. The zero-order valence-electron chi connectivity index (χ0n) is 13.8. The van der Waals surface area contributed by atoms with Gasteiger partial charge in [0.25, 0.3) is 5.91 Å². The third-order valence-corrected chi connectivity index (χ3v) is 5.24. The molecule has 128 valence electrons. The van der Waals surface area contributed by atoms with Crippen molar-refractivity contribution in [2.24, 2.45) is 11.8 Å². The average Bonchev–Trinajstić information content (AvgIpc) is 3.34. The largest absolute Gasteiger partial charge is 0.466 e. The van der Waals surface area contributed by atoms with Crippen LogP contribution < -0.4 is 5.32 Å². The second kappa shape index (κ2) is 6.11. The van der Waals surface area contributed by atoms with E-state index in [1.165, 1.54) is 4.90 Å². The molecule has 0 aromatic heterocycles. The van der Waals surface area contributed by atoms with E-state index in [2.05, 4.69) is 10.2 Å². The number of amides is 3. The van der Waals surface area contributed by atoms with Gasteiger partial charge >= 0.3 is 12.0 Å². The molecule has 0 unspecified atom stereocenters. The van der Waals surface area contributed by atoms with Crippen LogP contribution in [0.5, 0.6) is 0 Å². The van der Waals surface area contributed by atoms with Crippen molar-refractivity contribution in [2.75, 3.05) is 26.4 Å². The van der Waals surface area contributed by atoms with Crippen molar-refractivity contribution in [1.29, 1.82) is 0 Å². The number of piperidine rings is 1. The van der Waals surface area contributed by atoms with Crippen LogP contribution in [0.25, 0.3) is 0 Å². The fraction of sp³-hybridized carbons (Fsp3) is 0.812. The molecule has 23 heavy (non-hydrogen) atoms. The molecule has 0 aromatic carbocycles. The quantitative estimate of drug-likeness (QED) is 0.602. The minimum atomic E-state index is -0.722. The van der Waals surface area contributed by atoms with Crippen LogP contribution in [0, 0.1) is 11.8 Å². The topological polar surface area (TPSA) is 79.0 Å². The number of hydrogen-bond donors (Lipinski definition) is 1. The predicted molar refractivity (Wildman–Crippen MR) is 82.3 cm³/mol. The number of rotatable bonds is 5. The molecule has 0 radical (unpaired) electrons. The maximum absolute atomic E-state index is 12.6. The van der Waals surface area contributed by atoms with Gasteiger partial charge < -0.3 is 10.1 Å². The molecule has 1 saturated carbocycles. The first kappa shape index (κ1) is 16.2. The van der Waals surface area contributed by atoms with Gasteiger partial charge in [-0.2, -0.15) is 0 Å². The summed E-state index contributed by atoms with van der Waals surface area (Å²) in [7, 11) is 0. The van der Waals surface area contributed by atoms with Crippen molar-refractivity contribution in [3.63, 3.8) is 0 Å². The Bertz CT molecular complexity index is 511. The highest BCUT2D eigenvalue weighted by molar-refractivity contribution is 6.07. The molecule has 7 heteroatoms. The van der Waals surface area contributed by atoms with Gasteiger partial charge in [0.05, 0.1) is 19.2 Å². The molecule has 2 heterocycles. The number of urea groups is 1. The van der Waals surface area contributed by atoms with Crippen molar-refractivity contribution in [1.82, 2.24) is 15.1 Å². The zero-order valence-corrected chi connectivity index (χ0v) is 13.8. The lowest BCUT2D eigenvalue weighted by atomic mass is 9.96. The maximum Gasteiger partial charge on any atom is 0.326 e. The summed E-state index contributed by atoms with van der Waals surface area (Å²) < 4.78 is 5.06. The number of esters is 1. The number of carbonyl (C=O) groups is 3. The molecule has 1 atom stereocenters. The van der Waals surface area contributed by atoms with Gasteiger partial charge in [-0.05, 0) is 45.4 Å². The van der Waals surface area contributed by atoms with Crippen LogP contribution >= 0.6 is 0 Å². The molecule has 0 aromatic rings. The smallest absolute Gasteiger partial charge is 0.326 e. The van der Waals surface area contributed by atoms with Crippen molar-refractivity contribution in [2.45, 2.75) is 45.1 Å². The molecule has 0 spiro atoms. The SMILES string of the molecule is CCOC(=O)C1CCN(CN2C(=O)N[C@](C)(C3CC3)C2=O)CC1. The molecule has 3 rings (SSSR count). The van der Waals surface area contributed by atoms with E-state index in [0.717, 1.165) is 12.8 Å². The maximum atomic E-state index is 12.6. The molecule has 1 N–H and O–H groups in total. The Balaban J connectivity index is 1.54. The van der Waals surface area contributed by atoms with Gasteiger partial charge in [0.1, 0.15) is 5.54 Å². The number of carbonyl (C=O) groups excluding carboxylic acids is 3. The number of nitrogens with one attached hydrogen (secondary N) is 1. The van der Waals surface area contributed by atoms with Crippen LogP contribution in [-0.4, -0.2) is 59.6 Å². The Kier molecular flexibility index (Phi) is 4.31. The molecule has 3 aliphatic rings. The number of ether oxygens (including phenoxy) is 1. The minimum Gasteiger partial charge on any atom is -0.466 e. The van der Waals surface area contributed by atoms with E-state index in [1.807, 2.05) is 13.8 Å². The second-order valence-electron chi connectivity index (χ2n) is 6.93. The van der Waals surface area contributed by atoms with Crippen LogP contribution in [0.1, 0.15) is 39.5 Å². The van der Waals surface area contributed by atoms with E-state index in [-0.39, 0.29) is 29.7 Å². The van der Waals surface area contributed by atoms with Crippen LogP contribution in [-0.2, 0) is 14.3 Å². The number of imide groups is 1. The van der Waals surface area contributed by atoms with Crippen LogP contribution in [0.15, 0.2) is 0 Å². The van der Waals surface area contributed by atoms with Gasteiger partial charge in [0.15, 0.2) is 0 Å². The summed E-state index contributed by atoms with van der Waals surface area (Å²) in [6, 6.07) is -0.295. The standard InChI is InChI=1S/C16H25N3O4/c1-3-23-13(20)11-6-8-18(9-7-11)10-19-14(21)16(2,12-4-5-12)17-15(19)22/h11-12H,3-10H2,1-2H3,(H,17,22)/t16-/m1/s1. The van der Waals surface area contributed by atoms with Gasteiger partial charge in [0, 0.05) is 13.1 Å². The summed E-state index contributed by atoms with van der Waals surface area (Å²) in [6.07, 6.45) is 3.42. The molecule has 2 aliphatic heterocycles. The van der Waals surface area contributed by atoms with E-state index < -0.39 is 5.54 Å². The first-order valence-corrected chi connectivity index (χ1v) is 8.48. The highest BCUT2D eigenvalue weighted by atomic mass is 16.5. The van der Waals surface area contributed by atoms with E-state index >= 15 is 0 Å². The lowest BCUT2D eigenvalue weighted by Gasteiger charge is -2.32. The summed E-state index contributed by atoms with van der Waals surface area (Å²) in [5.41, 5.74) is -0.722. The normalized spacial score (nSPS) is 29.7. The Morgan fingerprint density at radius 2 is 1.91 bits per heavy atom. The summed E-state index contributed by atoms with van der Waals surface area (Å²) in [5, 5.41) is 2.86. The number of likely N-dealkylation sites (tertiary alicyclic amines) is 1. The number of hydrogen-bond acceptors (Lipinski definition) is 5. The van der Waals surface area contributed by atoms with Gasteiger partial charge in [0.2, 0.25) is 0 Å². The first-order chi connectivity index (χ1) is 11.0. The molecule has 2 saturated heterocycles. The third kappa shape index (κ3) is 3.06. The predicted octanol–water partition coefficient (Wildman–Crippen LogP) is 0.939. The Morgan fingerprint density at radius 3 is 2.48 bits per heavy atom. The van der Waals surface area contributed by atoms with E-state index in [4.69, 9.17) is 4.74 Å². The van der Waals surface area contributed by atoms with Crippen molar-refractivity contribution in [3.05, 3.63) is 0 Å². The minimum absolute atomic E-state index is 0.0639. The fourth-order valence-corrected chi connectivity index (χ4v) is 3.55. The van der Waals surface area contributed by atoms with Gasteiger partial charge in [-0.15, -0.1) is 0 Å². The summed E-state index contributed by atoms with van der Waals surface area (Å²) in [6.45, 7) is 5.74. The van der Waals surface area contributed by atoms with Gasteiger partial charge in [-0.25, -0.2) is 9.69 Å². The Morgan fingerprint density at radius 1 is 1.26 bits per heavy atom. The van der Waals surface area contributed by atoms with Gasteiger partial charge in [-0.1, -0.05) is 0 Å². The highest BCUT2D eigenvalue weighted by Gasteiger charge is 2.56. The van der Waals surface area contributed by atoms with Crippen molar-refractivity contribution < 1.29 is 19.1 Å². The monoisotopic (exact) mass is 323 g/mol. The summed E-state index contributed by atoms with van der Waals surface area (Å²) in [4.78, 5) is 39.9. The number of nitrogens with zero attached hydrogens (tertiary/aromatic N) is 2. The molecule has 3 fully saturated rings. The van der Waals surface area contributed by atoms with Crippen molar-refractivity contribution in [3.8, 4) is 0 Å². The molecular weight excluding hydrogens is 298 g/mol. The zero-order chi connectivity index (χ0) is 16.6. The summed E-state index contributed by atoms with van der Waals surface area (Å²) in [5.74, 6) is -0.0366. The van der Waals surface area contributed by atoms with Crippen molar-refractivity contribution >= 4 is 17.9 Å². The molecule has 1 aliphatic carbocycles. The average molecular weight is 323 g/mol. The third-order valence-electron chi connectivity index (χ3n) is 5.24. The Hall–Kier alpha value is -1.63. The first-order valence-electron chi connectivity index (χ1n) is 8.48. The van der Waals surface area contributed by atoms with Gasteiger partial charge in [-0.3, -0.25) is 14.5 Å². The van der Waals surface area contributed by atoms with E-state index in [0.29, 0.717) is 39.2 Å². The van der Waals surface area contributed by atoms with E-state index in [1.54, 1.807) is 0 Å². The van der Waals surface area contributed by atoms with Crippen LogP contribution in [0.3, 0.4) is 0 Å².